The molecule has 2 saturated heterocycles. The molecule has 150 valence electrons. The first-order chi connectivity index (χ1) is 14.0. The van der Waals surface area contributed by atoms with Crippen LogP contribution < -0.4 is 15.4 Å². The van der Waals surface area contributed by atoms with Crippen LogP contribution in [0.1, 0.15) is 19.3 Å². The summed E-state index contributed by atoms with van der Waals surface area (Å²) in [6.07, 6.45) is 1.64. The van der Waals surface area contributed by atoms with Crippen LogP contribution in [0.4, 0.5) is 5.69 Å². The van der Waals surface area contributed by atoms with E-state index < -0.39 is 6.04 Å². The van der Waals surface area contributed by atoms with Gasteiger partial charge in [-0.1, -0.05) is 18.2 Å². The highest BCUT2D eigenvalue weighted by molar-refractivity contribution is 6.22. The smallest absolute Gasteiger partial charge is 0.251 e. The molecule has 7 nitrogen and oxygen atoms in total. The molecule has 0 spiro atoms. The maximum atomic E-state index is 13.0. The van der Waals surface area contributed by atoms with E-state index in [1.54, 1.807) is 24.3 Å². The monoisotopic (exact) mass is 393 g/mol. The number of anilines is 1. The van der Waals surface area contributed by atoms with Gasteiger partial charge in [-0.15, -0.1) is 0 Å². The topological polar surface area (TPSA) is 92.9 Å². The Bertz CT molecular complexity index is 913. The van der Waals surface area contributed by atoms with E-state index in [0.717, 1.165) is 12.8 Å². The van der Waals surface area contributed by atoms with Crippen LogP contribution in [-0.2, 0) is 14.4 Å². The van der Waals surface area contributed by atoms with Gasteiger partial charge in [-0.25, -0.2) is 4.90 Å². The summed E-state index contributed by atoms with van der Waals surface area (Å²) in [6, 6.07) is 15.7. The van der Waals surface area contributed by atoms with Crippen molar-refractivity contribution in [3.05, 3.63) is 54.6 Å². The average molecular weight is 393 g/mol. The van der Waals surface area contributed by atoms with Crippen LogP contribution in [0.25, 0.3) is 0 Å². The predicted octanol–water partition coefficient (Wildman–Crippen LogP) is 2.31. The van der Waals surface area contributed by atoms with Crippen molar-refractivity contribution in [1.29, 1.82) is 0 Å². The summed E-state index contributed by atoms with van der Waals surface area (Å²) in [5.74, 6) is 0.223. The van der Waals surface area contributed by atoms with Gasteiger partial charge in [-0.05, 0) is 55.8 Å². The number of nitrogens with zero attached hydrogens (tertiary/aromatic N) is 2. The molecule has 2 aromatic rings. The number of hydrogen-bond acceptors (Lipinski definition) is 5. The van der Waals surface area contributed by atoms with Crippen molar-refractivity contribution in [1.82, 2.24) is 4.90 Å². The molecule has 0 aliphatic carbocycles. The second-order valence-corrected chi connectivity index (χ2v) is 7.43. The molecule has 2 unspecified atom stereocenters. The molecule has 2 heterocycles. The second kappa shape index (κ2) is 8.05. The summed E-state index contributed by atoms with van der Waals surface area (Å²) in [5.41, 5.74) is 5.96. The molecule has 7 heteroatoms. The third kappa shape index (κ3) is 4.00. The summed E-state index contributed by atoms with van der Waals surface area (Å²) in [4.78, 5) is 40.2. The summed E-state index contributed by atoms with van der Waals surface area (Å²) < 4.78 is 5.76. The molecule has 2 aliphatic heterocycles. The zero-order valence-electron chi connectivity index (χ0n) is 16.0. The fourth-order valence-corrected chi connectivity index (χ4v) is 3.98. The lowest BCUT2D eigenvalue weighted by Gasteiger charge is -2.34. The third-order valence-corrected chi connectivity index (χ3v) is 5.49. The first-order valence-corrected chi connectivity index (χ1v) is 9.76. The van der Waals surface area contributed by atoms with Crippen LogP contribution in [0.15, 0.2) is 54.6 Å². The van der Waals surface area contributed by atoms with E-state index in [-0.39, 0.29) is 30.1 Å². The summed E-state index contributed by atoms with van der Waals surface area (Å²) in [7, 11) is 0. The second-order valence-electron chi connectivity index (χ2n) is 7.43. The number of hydrogen-bond donors (Lipinski definition) is 1. The minimum Gasteiger partial charge on any atom is -0.457 e. The van der Waals surface area contributed by atoms with Crippen molar-refractivity contribution >= 4 is 23.4 Å². The molecule has 2 aromatic carbocycles. The SMILES string of the molecule is NC(=O)C1CCCN(C2CC(=O)N(c3ccc(Oc4ccccc4)cc3)C2=O)C1. The van der Waals surface area contributed by atoms with Gasteiger partial charge < -0.3 is 10.5 Å². The molecule has 3 amide bonds. The zero-order valence-corrected chi connectivity index (χ0v) is 16.0. The van der Waals surface area contributed by atoms with Crippen molar-refractivity contribution in [2.75, 3.05) is 18.0 Å². The van der Waals surface area contributed by atoms with Crippen LogP contribution in [-0.4, -0.2) is 41.8 Å². The molecular weight excluding hydrogens is 370 g/mol. The molecule has 4 rings (SSSR count). The lowest BCUT2D eigenvalue weighted by Crippen LogP contribution is -2.49. The van der Waals surface area contributed by atoms with E-state index in [4.69, 9.17) is 10.5 Å². The lowest BCUT2D eigenvalue weighted by molar-refractivity contribution is -0.127. The summed E-state index contributed by atoms with van der Waals surface area (Å²) in [6.45, 7) is 1.11. The molecule has 2 atom stereocenters. The summed E-state index contributed by atoms with van der Waals surface area (Å²) >= 11 is 0. The number of piperidine rings is 1. The number of rotatable bonds is 5. The Labute approximate surface area is 169 Å². The number of ether oxygens (including phenoxy) is 1. The molecule has 2 N–H and O–H groups in total. The fourth-order valence-electron chi connectivity index (χ4n) is 3.98. The van der Waals surface area contributed by atoms with Gasteiger partial charge >= 0.3 is 0 Å². The van der Waals surface area contributed by atoms with Gasteiger partial charge in [0.25, 0.3) is 5.91 Å². The normalized spacial score (nSPS) is 22.7. The maximum Gasteiger partial charge on any atom is 0.251 e. The molecule has 2 aliphatic rings. The molecule has 0 saturated carbocycles. The van der Waals surface area contributed by atoms with E-state index in [1.165, 1.54) is 4.90 Å². The fraction of sp³-hybridized carbons (Fsp3) is 0.318. The van der Waals surface area contributed by atoms with E-state index in [1.807, 2.05) is 35.2 Å². The van der Waals surface area contributed by atoms with Crippen LogP contribution in [0.3, 0.4) is 0 Å². The molecule has 0 bridgehead atoms. The molecule has 0 radical (unpaired) electrons. The Morgan fingerprint density at radius 3 is 2.38 bits per heavy atom. The lowest BCUT2D eigenvalue weighted by atomic mass is 9.96. The Morgan fingerprint density at radius 2 is 1.69 bits per heavy atom. The number of imide groups is 1. The molecular formula is C22H23N3O4. The quantitative estimate of drug-likeness (QED) is 0.787. The number of carbonyl (C=O) groups is 3. The number of carbonyl (C=O) groups excluding carboxylic acids is 3. The van der Waals surface area contributed by atoms with E-state index >= 15 is 0 Å². The Morgan fingerprint density at radius 1 is 1.00 bits per heavy atom. The van der Waals surface area contributed by atoms with E-state index in [9.17, 15) is 14.4 Å². The Hall–Kier alpha value is -3.19. The molecule has 2 fully saturated rings. The van der Waals surface area contributed by atoms with Gasteiger partial charge in [-0.2, -0.15) is 0 Å². The van der Waals surface area contributed by atoms with Crippen molar-refractivity contribution in [2.45, 2.75) is 25.3 Å². The average Bonchev–Trinajstić information content (AvgIpc) is 3.03. The highest BCUT2D eigenvalue weighted by Crippen LogP contribution is 2.30. The minimum atomic E-state index is -0.537. The van der Waals surface area contributed by atoms with Crippen molar-refractivity contribution in [3.8, 4) is 11.5 Å². The van der Waals surface area contributed by atoms with Gasteiger partial charge in [0.15, 0.2) is 0 Å². The maximum absolute atomic E-state index is 13.0. The molecule has 0 aromatic heterocycles. The largest absolute Gasteiger partial charge is 0.457 e. The van der Waals surface area contributed by atoms with Crippen LogP contribution in [0, 0.1) is 5.92 Å². The first kappa shape index (κ1) is 19.1. The number of primary amides is 1. The van der Waals surface area contributed by atoms with Gasteiger partial charge in [0, 0.05) is 6.54 Å². The van der Waals surface area contributed by atoms with Gasteiger partial charge in [0.2, 0.25) is 11.8 Å². The zero-order chi connectivity index (χ0) is 20.4. The number of nitrogens with two attached hydrogens (primary N) is 1. The van der Waals surface area contributed by atoms with Crippen molar-refractivity contribution in [3.63, 3.8) is 0 Å². The van der Waals surface area contributed by atoms with E-state index in [2.05, 4.69) is 0 Å². The van der Waals surface area contributed by atoms with Crippen LogP contribution in [0.5, 0.6) is 11.5 Å². The number of likely N-dealkylation sites (tertiary alicyclic amines) is 1. The number of benzene rings is 2. The predicted molar refractivity (Wildman–Crippen MR) is 107 cm³/mol. The molecule has 29 heavy (non-hydrogen) atoms. The third-order valence-electron chi connectivity index (χ3n) is 5.49. The van der Waals surface area contributed by atoms with Gasteiger partial charge in [0.1, 0.15) is 11.5 Å². The highest BCUT2D eigenvalue weighted by atomic mass is 16.5. The van der Waals surface area contributed by atoms with Crippen LogP contribution >= 0.6 is 0 Å². The van der Waals surface area contributed by atoms with Crippen molar-refractivity contribution < 1.29 is 19.1 Å². The van der Waals surface area contributed by atoms with Gasteiger partial charge in [-0.3, -0.25) is 19.3 Å². The Kier molecular flexibility index (Phi) is 5.31. The standard InChI is InChI=1S/C22H23N3O4/c23-21(27)15-5-4-12-24(14-15)19-13-20(26)25(22(19)28)16-8-10-18(11-9-16)29-17-6-2-1-3-7-17/h1-3,6-11,15,19H,4-5,12-14H2,(H2,23,27). The van der Waals surface area contributed by atoms with Gasteiger partial charge in [0.05, 0.1) is 24.1 Å². The summed E-state index contributed by atoms with van der Waals surface area (Å²) in [5, 5.41) is 0. The highest BCUT2D eigenvalue weighted by Gasteiger charge is 2.44. The van der Waals surface area contributed by atoms with Crippen LogP contribution in [0.2, 0.25) is 0 Å². The Balaban J connectivity index is 1.47. The number of amides is 3. The van der Waals surface area contributed by atoms with E-state index in [0.29, 0.717) is 30.3 Å². The number of para-hydroxylation sites is 1. The minimum absolute atomic E-state index is 0.118. The van der Waals surface area contributed by atoms with Crippen molar-refractivity contribution in [2.24, 2.45) is 11.7 Å². The first-order valence-electron chi connectivity index (χ1n) is 9.76.